The van der Waals surface area contributed by atoms with Gasteiger partial charge in [-0.3, -0.25) is 14.4 Å². The number of halogens is 1. The Hall–Kier alpha value is -3.26. The Morgan fingerprint density at radius 2 is 1.55 bits per heavy atom. The Labute approximate surface area is 181 Å². The molecule has 0 aliphatic heterocycles. The van der Waals surface area contributed by atoms with Crippen LogP contribution in [0.2, 0.25) is 0 Å². The molecule has 164 valence electrons. The lowest BCUT2D eigenvalue weighted by molar-refractivity contribution is -0.862. The molecule has 0 saturated heterocycles. The van der Waals surface area contributed by atoms with E-state index in [4.69, 9.17) is 0 Å². The van der Waals surface area contributed by atoms with Gasteiger partial charge in [0, 0.05) is 11.7 Å². The number of carbonyl (C=O) groups is 3. The van der Waals surface area contributed by atoms with E-state index in [1.54, 1.807) is 31.3 Å². The second-order valence-electron chi connectivity index (χ2n) is 7.91. The predicted molar refractivity (Wildman–Crippen MR) is 116 cm³/mol. The summed E-state index contributed by atoms with van der Waals surface area (Å²) in [7, 11) is 1.72. The Balaban J connectivity index is 1.51. The molecule has 0 radical (unpaired) electrons. The van der Waals surface area contributed by atoms with Gasteiger partial charge in [-0.1, -0.05) is 25.0 Å². The van der Waals surface area contributed by atoms with Crippen molar-refractivity contribution in [2.45, 2.75) is 31.7 Å². The molecule has 4 N–H and O–H groups in total. The molecule has 1 unspecified atom stereocenters. The van der Waals surface area contributed by atoms with Crippen LogP contribution < -0.4 is 20.9 Å². The highest BCUT2D eigenvalue weighted by Gasteiger charge is 2.21. The van der Waals surface area contributed by atoms with E-state index in [-0.39, 0.29) is 42.7 Å². The number of likely N-dealkylation sites (N-methyl/N-ethyl adjacent to an activating group) is 1. The van der Waals surface area contributed by atoms with Crippen molar-refractivity contribution in [2.75, 3.05) is 30.8 Å². The number of hydrogen-bond acceptors (Lipinski definition) is 3. The van der Waals surface area contributed by atoms with Gasteiger partial charge in [0.1, 0.15) is 5.82 Å². The molecule has 3 amide bonds. The Morgan fingerprint density at radius 1 is 0.935 bits per heavy atom. The lowest BCUT2D eigenvalue weighted by Crippen LogP contribution is -3.11. The number of nitrogens with one attached hydrogen (secondary N) is 4. The third kappa shape index (κ3) is 6.89. The first-order valence-electron chi connectivity index (χ1n) is 10.5. The van der Waals surface area contributed by atoms with Crippen molar-refractivity contribution in [3.05, 3.63) is 59.9 Å². The Morgan fingerprint density at radius 3 is 2.23 bits per heavy atom. The number of carbonyl (C=O) groups excluding carboxylic acids is 3. The van der Waals surface area contributed by atoms with Gasteiger partial charge in [-0.2, -0.15) is 0 Å². The van der Waals surface area contributed by atoms with Crippen molar-refractivity contribution >= 4 is 29.1 Å². The molecular formula is C23H28FN4O3+. The summed E-state index contributed by atoms with van der Waals surface area (Å²) in [5.74, 6) is -1.15. The number of amides is 3. The largest absolute Gasteiger partial charge is 0.349 e. The smallest absolute Gasteiger partial charge is 0.279 e. The first-order valence-corrected chi connectivity index (χ1v) is 10.5. The summed E-state index contributed by atoms with van der Waals surface area (Å²) in [6.07, 6.45) is 4.20. The zero-order valence-electron chi connectivity index (χ0n) is 17.5. The quantitative estimate of drug-likeness (QED) is 0.516. The molecule has 1 aliphatic rings. The maximum Gasteiger partial charge on any atom is 0.279 e. The second-order valence-corrected chi connectivity index (χ2v) is 7.91. The fourth-order valence-electron chi connectivity index (χ4n) is 3.67. The van der Waals surface area contributed by atoms with E-state index in [0.29, 0.717) is 21.8 Å². The monoisotopic (exact) mass is 427 g/mol. The standard InChI is InChI=1S/C23H27FN4O3/c1-28(14-21(29)25-18-12-10-16(24)11-13-18)15-22(30)27-20-9-5-4-8-19(20)23(31)26-17-6-2-3-7-17/h4-5,8-13,17H,2-3,6-7,14-15H2,1H3,(H,25,29)(H,26,31)(H,27,30)/p+1. The van der Waals surface area contributed by atoms with Gasteiger partial charge in [-0.05, 0) is 49.2 Å². The van der Waals surface area contributed by atoms with Crippen molar-refractivity contribution < 1.29 is 23.7 Å². The van der Waals surface area contributed by atoms with Gasteiger partial charge in [-0.15, -0.1) is 0 Å². The molecule has 1 atom stereocenters. The van der Waals surface area contributed by atoms with Crippen LogP contribution in [-0.4, -0.2) is 43.9 Å². The zero-order valence-corrected chi connectivity index (χ0v) is 17.5. The summed E-state index contributed by atoms with van der Waals surface area (Å²) in [5.41, 5.74) is 1.37. The van der Waals surface area contributed by atoms with Crippen LogP contribution in [0.25, 0.3) is 0 Å². The number of hydrogen-bond donors (Lipinski definition) is 4. The Bertz CT molecular complexity index is 927. The van der Waals surface area contributed by atoms with E-state index in [0.717, 1.165) is 25.7 Å². The number of para-hydroxylation sites is 1. The van der Waals surface area contributed by atoms with Crippen molar-refractivity contribution in [3.8, 4) is 0 Å². The molecule has 1 saturated carbocycles. The number of rotatable bonds is 8. The minimum absolute atomic E-state index is 0.0510. The summed E-state index contributed by atoms with van der Waals surface area (Å²) in [4.78, 5) is 37.9. The molecule has 2 aromatic rings. The van der Waals surface area contributed by atoms with Gasteiger partial charge >= 0.3 is 0 Å². The maximum atomic E-state index is 12.9. The molecule has 31 heavy (non-hydrogen) atoms. The van der Waals surface area contributed by atoms with E-state index < -0.39 is 0 Å². The second kappa shape index (κ2) is 10.7. The topological polar surface area (TPSA) is 91.7 Å². The molecule has 0 spiro atoms. The average molecular weight is 428 g/mol. The van der Waals surface area contributed by atoms with Crippen LogP contribution in [0.5, 0.6) is 0 Å². The van der Waals surface area contributed by atoms with Crippen molar-refractivity contribution in [2.24, 2.45) is 0 Å². The van der Waals surface area contributed by atoms with Crippen molar-refractivity contribution in [1.29, 1.82) is 0 Å². The molecule has 0 aromatic heterocycles. The number of quaternary nitrogens is 1. The normalized spacial score (nSPS) is 14.6. The highest BCUT2D eigenvalue weighted by atomic mass is 19.1. The third-order valence-corrected chi connectivity index (χ3v) is 5.19. The van der Waals surface area contributed by atoms with E-state index in [2.05, 4.69) is 16.0 Å². The van der Waals surface area contributed by atoms with E-state index in [1.807, 2.05) is 0 Å². The minimum Gasteiger partial charge on any atom is -0.349 e. The van der Waals surface area contributed by atoms with E-state index in [9.17, 15) is 18.8 Å². The van der Waals surface area contributed by atoms with Crippen molar-refractivity contribution in [3.63, 3.8) is 0 Å². The maximum absolute atomic E-state index is 12.9. The molecular weight excluding hydrogens is 399 g/mol. The zero-order chi connectivity index (χ0) is 22.2. The highest BCUT2D eigenvalue weighted by molar-refractivity contribution is 6.04. The van der Waals surface area contributed by atoms with Crippen LogP contribution in [0.3, 0.4) is 0 Å². The minimum atomic E-state index is -0.380. The highest BCUT2D eigenvalue weighted by Crippen LogP contribution is 2.20. The van der Waals surface area contributed by atoms with Gasteiger partial charge in [0.05, 0.1) is 18.3 Å². The summed E-state index contributed by atoms with van der Waals surface area (Å²) in [5, 5.41) is 8.48. The fourth-order valence-corrected chi connectivity index (χ4v) is 3.67. The summed E-state index contributed by atoms with van der Waals surface area (Å²) in [6, 6.07) is 12.6. The van der Waals surface area contributed by atoms with Crippen LogP contribution in [0.4, 0.5) is 15.8 Å². The summed E-state index contributed by atoms with van der Waals surface area (Å²) in [6.45, 7) is 0.115. The van der Waals surface area contributed by atoms with Crippen LogP contribution in [0, 0.1) is 5.82 Å². The molecule has 3 rings (SSSR count). The van der Waals surface area contributed by atoms with Gasteiger partial charge < -0.3 is 20.9 Å². The summed E-state index contributed by atoms with van der Waals surface area (Å²) < 4.78 is 12.9. The van der Waals surface area contributed by atoms with Crippen LogP contribution in [0.15, 0.2) is 48.5 Å². The van der Waals surface area contributed by atoms with Crippen LogP contribution >= 0.6 is 0 Å². The molecule has 2 aromatic carbocycles. The lowest BCUT2D eigenvalue weighted by Gasteiger charge is -2.16. The molecule has 1 fully saturated rings. The number of anilines is 2. The first kappa shape index (κ1) is 22.4. The molecule has 0 bridgehead atoms. The third-order valence-electron chi connectivity index (χ3n) is 5.19. The van der Waals surface area contributed by atoms with Gasteiger partial charge in [0.25, 0.3) is 17.7 Å². The molecule has 1 aliphatic carbocycles. The van der Waals surface area contributed by atoms with Crippen molar-refractivity contribution in [1.82, 2.24) is 5.32 Å². The summed E-state index contributed by atoms with van der Waals surface area (Å²) >= 11 is 0. The lowest BCUT2D eigenvalue weighted by atomic mass is 10.1. The Kier molecular flexibility index (Phi) is 7.72. The van der Waals surface area contributed by atoms with Crippen LogP contribution in [0.1, 0.15) is 36.0 Å². The number of benzene rings is 2. The molecule has 7 nitrogen and oxygen atoms in total. The van der Waals surface area contributed by atoms with Gasteiger partial charge in [-0.25, -0.2) is 4.39 Å². The molecule has 0 heterocycles. The fraction of sp³-hybridized carbons (Fsp3) is 0.348. The van der Waals surface area contributed by atoms with Gasteiger partial charge in [0.2, 0.25) is 0 Å². The first-order chi connectivity index (χ1) is 14.9. The van der Waals surface area contributed by atoms with Crippen LogP contribution in [-0.2, 0) is 9.59 Å². The average Bonchev–Trinajstić information content (AvgIpc) is 3.22. The van der Waals surface area contributed by atoms with E-state index in [1.165, 1.54) is 24.3 Å². The van der Waals surface area contributed by atoms with Gasteiger partial charge in [0.15, 0.2) is 13.1 Å². The predicted octanol–water partition coefficient (Wildman–Crippen LogP) is 1.59. The SMILES string of the molecule is C[NH+](CC(=O)Nc1ccc(F)cc1)CC(=O)Nc1ccccc1C(=O)NC1CCCC1. The molecule has 8 heteroatoms. The van der Waals surface area contributed by atoms with E-state index >= 15 is 0 Å².